The van der Waals surface area contributed by atoms with Crippen molar-refractivity contribution in [3.8, 4) is 0 Å². The first-order valence-electron chi connectivity index (χ1n) is 10.0. The van der Waals surface area contributed by atoms with E-state index in [1.54, 1.807) is 24.3 Å². The van der Waals surface area contributed by atoms with Crippen LogP contribution in [0.3, 0.4) is 0 Å². The van der Waals surface area contributed by atoms with Crippen LogP contribution in [0.4, 0.5) is 10.5 Å². The first-order valence-corrected chi connectivity index (χ1v) is 10.0. The zero-order valence-electron chi connectivity index (χ0n) is 18.2. The van der Waals surface area contributed by atoms with Gasteiger partial charge < -0.3 is 9.64 Å². The summed E-state index contributed by atoms with van der Waals surface area (Å²) in [5.41, 5.74) is 0.902. The van der Waals surface area contributed by atoms with Crippen LogP contribution >= 0.6 is 0 Å². The van der Waals surface area contributed by atoms with Gasteiger partial charge in [0, 0.05) is 37.4 Å². The van der Waals surface area contributed by atoms with Gasteiger partial charge in [-0.1, -0.05) is 26.8 Å². The van der Waals surface area contributed by atoms with Crippen molar-refractivity contribution in [3.63, 3.8) is 0 Å². The Morgan fingerprint density at radius 1 is 1.04 bits per heavy atom. The number of ether oxygens (including phenoxy) is 1. The zero-order chi connectivity index (χ0) is 20.9. The molecule has 0 saturated carbocycles. The maximum absolute atomic E-state index is 12.9. The van der Waals surface area contributed by atoms with Crippen molar-refractivity contribution < 1.29 is 14.3 Å². The molecule has 0 radical (unpaired) electrons. The predicted octanol–water partition coefficient (Wildman–Crippen LogP) is 4.23. The standard InChI is InChI=1S/C22H35N3O3/c1-21(2,3)10-11-24-12-14-25(15-13-24)19(26)17-8-7-9-18(16-17)23-20(27)28-22(4,5)6/h7-9,16H,10-15H2,1-6H3,(H,23,27). The molecule has 0 bridgehead atoms. The van der Waals surface area contributed by atoms with Crippen molar-refractivity contribution in [1.82, 2.24) is 9.80 Å². The van der Waals surface area contributed by atoms with Crippen LogP contribution in [0.1, 0.15) is 58.3 Å². The van der Waals surface area contributed by atoms with E-state index in [2.05, 4.69) is 31.0 Å². The maximum atomic E-state index is 12.9. The van der Waals surface area contributed by atoms with Crippen molar-refractivity contribution in [3.05, 3.63) is 29.8 Å². The number of piperazine rings is 1. The number of rotatable bonds is 4. The Kier molecular flexibility index (Phi) is 7.10. The molecule has 0 unspecified atom stereocenters. The molecule has 0 aliphatic carbocycles. The summed E-state index contributed by atoms with van der Waals surface area (Å²) in [7, 11) is 0. The highest BCUT2D eigenvalue weighted by Crippen LogP contribution is 2.20. The molecule has 0 spiro atoms. The Morgan fingerprint density at radius 2 is 1.68 bits per heavy atom. The summed E-state index contributed by atoms with van der Waals surface area (Å²) in [6.45, 7) is 16.5. The summed E-state index contributed by atoms with van der Waals surface area (Å²) in [6.07, 6.45) is 0.629. The normalized spacial score (nSPS) is 16.0. The molecule has 0 atom stereocenters. The Balaban J connectivity index is 1.90. The number of hydrogen-bond donors (Lipinski definition) is 1. The summed E-state index contributed by atoms with van der Waals surface area (Å²) in [6, 6.07) is 7.03. The lowest BCUT2D eigenvalue weighted by Gasteiger charge is -2.36. The summed E-state index contributed by atoms with van der Waals surface area (Å²) in [4.78, 5) is 29.1. The lowest BCUT2D eigenvalue weighted by molar-refractivity contribution is 0.0617. The van der Waals surface area contributed by atoms with Crippen molar-refractivity contribution in [2.75, 3.05) is 38.0 Å². The predicted molar refractivity (Wildman–Crippen MR) is 113 cm³/mol. The van der Waals surface area contributed by atoms with Crippen LogP contribution in [0.15, 0.2) is 24.3 Å². The van der Waals surface area contributed by atoms with Gasteiger partial charge in [-0.2, -0.15) is 0 Å². The van der Waals surface area contributed by atoms with Gasteiger partial charge in [0.1, 0.15) is 5.60 Å². The fourth-order valence-electron chi connectivity index (χ4n) is 3.00. The third-order valence-corrected chi connectivity index (χ3v) is 4.59. The van der Waals surface area contributed by atoms with Crippen LogP contribution < -0.4 is 5.32 Å². The van der Waals surface area contributed by atoms with Crippen molar-refractivity contribution in [2.24, 2.45) is 5.41 Å². The largest absolute Gasteiger partial charge is 0.444 e. The number of nitrogens with one attached hydrogen (secondary N) is 1. The van der Waals surface area contributed by atoms with E-state index in [0.717, 1.165) is 39.1 Å². The van der Waals surface area contributed by atoms with Crippen molar-refractivity contribution >= 4 is 17.7 Å². The number of anilines is 1. The second kappa shape index (κ2) is 8.95. The molecule has 6 nitrogen and oxygen atoms in total. The average Bonchev–Trinajstić information content (AvgIpc) is 2.57. The molecule has 1 heterocycles. The quantitative estimate of drug-likeness (QED) is 0.837. The summed E-state index contributed by atoms with van der Waals surface area (Å²) >= 11 is 0. The Morgan fingerprint density at radius 3 is 2.25 bits per heavy atom. The molecule has 1 fully saturated rings. The van der Waals surface area contributed by atoms with Crippen LogP contribution in [-0.2, 0) is 4.74 Å². The van der Waals surface area contributed by atoms with Crippen LogP contribution in [0.5, 0.6) is 0 Å². The van der Waals surface area contributed by atoms with Crippen LogP contribution in [0.2, 0.25) is 0 Å². The second-order valence-corrected chi connectivity index (χ2v) is 9.65. The van der Waals surface area contributed by atoms with E-state index in [9.17, 15) is 9.59 Å². The van der Waals surface area contributed by atoms with Gasteiger partial charge in [0.15, 0.2) is 0 Å². The summed E-state index contributed by atoms with van der Waals surface area (Å²) in [5.74, 6) is 0.00306. The number of amides is 2. The molecule has 1 N–H and O–H groups in total. The van der Waals surface area contributed by atoms with E-state index in [4.69, 9.17) is 4.74 Å². The van der Waals surface area contributed by atoms with Crippen LogP contribution in [0, 0.1) is 5.41 Å². The minimum atomic E-state index is -0.565. The molecule has 156 valence electrons. The van der Waals surface area contributed by atoms with E-state index in [0.29, 0.717) is 16.7 Å². The number of benzene rings is 1. The first-order chi connectivity index (χ1) is 12.9. The fraction of sp³-hybridized carbons (Fsp3) is 0.636. The van der Waals surface area contributed by atoms with Gasteiger partial charge in [0.05, 0.1) is 0 Å². The average molecular weight is 390 g/mol. The smallest absolute Gasteiger partial charge is 0.412 e. The van der Waals surface area contributed by atoms with Crippen LogP contribution in [-0.4, -0.2) is 60.1 Å². The Labute approximate surface area is 169 Å². The third kappa shape index (κ3) is 7.50. The van der Waals surface area contributed by atoms with Crippen LogP contribution in [0.25, 0.3) is 0 Å². The molecule has 2 rings (SSSR count). The first kappa shape index (κ1) is 22.2. The molecule has 6 heteroatoms. The highest BCUT2D eigenvalue weighted by atomic mass is 16.6. The Bertz CT molecular complexity index is 681. The zero-order valence-corrected chi connectivity index (χ0v) is 18.2. The molecular weight excluding hydrogens is 354 g/mol. The summed E-state index contributed by atoms with van der Waals surface area (Å²) < 4.78 is 5.27. The second-order valence-electron chi connectivity index (χ2n) is 9.65. The van der Waals surface area contributed by atoms with Crippen molar-refractivity contribution in [1.29, 1.82) is 0 Å². The molecule has 1 aliphatic heterocycles. The SMILES string of the molecule is CC(C)(C)CCN1CCN(C(=O)c2cccc(NC(=O)OC(C)(C)C)c2)CC1. The van der Waals surface area contributed by atoms with Gasteiger partial charge in [0.2, 0.25) is 0 Å². The molecule has 2 amide bonds. The lowest BCUT2D eigenvalue weighted by Crippen LogP contribution is -2.49. The van der Waals surface area contributed by atoms with Crippen molar-refractivity contribution in [2.45, 2.75) is 53.6 Å². The topological polar surface area (TPSA) is 61.9 Å². The molecule has 1 aromatic rings. The van der Waals surface area contributed by atoms with Gasteiger partial charge in [-0.25, -0.2) is 4.79 Å². The number of carbonyl (C=O) groups is 2. The third-order valence-electron chi connectivity index (χ3n) is 4.59. The minimum Gasteiger partial charge on any atom is -0.444 e. The van der Waals surface area contributed by atoms with Gasteiger partial charge in [0.25, 0.3) is 5.91 Å². The number of nitrogens with zero attached hydrogens (tertiary/aromatic N) is 2. The fourth-order valence-corrected chi connectivity index (χ4v) is 3.00. The monoisotopic (exact) mass is 389 g/mol. The van der Waals surface area contributed by atoms with Gasteiger partial charge in [-0.3, -0.25) is 15.0 Å². The van der Waals surface area contributed by atoms with E-state index < -0.39 is 11.7 Å². The highest BCUT2D eigenvalue weighted by molar-refractivity contribution is 5.96. The number of carbonyl (C=O) groups excluding carboxylic acids is 2. The van der Waals surface area contributed by atoms with E-state index in [1.807, 2.05) is 25.7 Å². The van der Waals surface area contributed by atoms with E-state index >= 15 is 0 Å². The molecule has 1 aliphatic rings. The molecular formula is C22H35N3O3. The molecule has 28 heavy (non-hydrogen) atoms. The van der Waals surface area contributed by atoms with Gasteiger partial charge >= 0.3 is 6.09 Å². The Hall–Kier alpha value is -2.08. The molecule has 1 aromatic carbocycles. The minimum absolute atomic E-state index is 0.00306. The highest BCUT2D eigenvalue weighted by Gasteiger charge is 2.23. The van der Waals surface area contributed by atoms with Gasteiger partial charge in [-0.15, -0.1) is 0 Å². The summed E-state index contributed by atoms with van der Waals surface area (Å²) in [5, 5.41) is 2.69. The number of hydrogen-bond acceptors (Lipinski definition) is 4. The maximum Gasteiger partial charge on any atom is 0.412 e. The van der Waals surface area contributed by atoms with E-state index in [1.165, 1.54) is 0 Å². The lowest BCUT2D eigenvalue weighted by atomic mass is 9.92. The molecule has 1 saturated heterocycles. The van der Waals surface area contributed by atoms with E-state index in [-0.39, 0.29) is 5.91 Å². The van der Waals surface area contributed by atoms with Gasteiger partial charge in [-0.05, 0) is 57.4 Å². The molecule has 0 aromatic heterocycles.